The van der Waals surface area contributed by atoms with Crippen LogP contribution in [-0.2, 0) is 15.6 Å². The lowest BCUT2D eigenvalue weighted by Crippen LogP contribution is -2.40. The van der Waals surface area contributed by atoms with Crippen LogP contribution in [0.4, 0.5) is 13.2 Å². The minimum absolute atomic E-state index is 0.119. The first-order valence-corrected chi connectivity index (χ1v) is 11.4. The fourth-order valence-corrected chi connectivity index (χ4v) is 4.34. The van der Waals surface area contributed by atoms with E-state index < -0.39 is 29.0 Å². The van der Waals surface area contributed by atoms with Crippen LogP contribution in [0.25, 0.3) is 11.0 Å². The predicted octanol–water partition coefficient (Wildman–Crippen LogP) is 2.35. The number of carbonyl (C=O) groups is 1. The number of alkyl halides is 3. The van der Waals surface area contributed by atoms with E-state index in [9.17, 15) is 27.3 Å². The molecule has 0 spiro atoms. The average molecular weight is 509 g/mol. The van der Waals surface area contributed by atoms with Gasteiger partial charge >= 0.3 is 12.1 Å². The van der Waals surface area contributed by atoms with Crippen LogP contribution >= 0.6 is 0 Å². The molecule has 3 rings (SSSR count). The number of aliphatic carboxylic acids is 1. The van der Waals surface area contributed by atoms with Crippen LogP contribution in [0.15, 0.2) is 26.4 Å². The van der Waals surface area contributed by atoms with E-state index in [1.165, 1.54) is 20.3 Å². The van der Waals surface area contributed by atoms with Crippen LogP contribution in [0, 0.1) is 0 Å². The smallest absolute Gasteiger partial charge is 0.490 e. The van der Waals surface area contributed by atoms with Gasteiger partial charge in [0, 0.05) is 35.9 Å². The molecule has 3 unspecified atom stereocenters. The van der Waals surface area contributed by atoms with E-state index in [0.29, 0.717) is 35.8 Å². The molecule has 0 radical (unpaired) electrons. The van der Waals surface area contributed by atoms with Crippen molar-refractivity contribution in [3.8, 4) is 11.5 Å². The highest BCUT2D eigenvalue weighted by Crippen LogP contribution is 2.42. The second-order valence-corrected chi connectivity index (χ2v) is 9.16. The zero-order chi connectivity index (χ0) is 25.8. The number of carboxylic acids is 1. The van der Waals surface area contributed by atoms with E-state index in [1.54, 1.807) is 13.0 Å². The number of likely N-dealkylation sites (tertiary alicyclic amines) is 1. The summed E-state index contributed by atoms with van der Waals surface area (Å²) in [6, 6.07) is 2.90. The van der Waals surface area contributed by atoms with Crippen molar-refractivity contribution in [1.29, 1.82) is 0 Å². The van der Waals surface area contributed by atoms with E-state index in [-0.39, 0.29) is 27.4 Å². The topological polar surface area (TPSA) is 127 Å². The second-order valence-electron chi connectivity index (χ2n) is 7.49. The highest BCUT2D eigenvalue weighted by Gasteiger charge is 2.38. The number of methoxy groups -OCH3 is 2. The summed E-state index contributed by atoms with van der Waals surface area (Å²) < 4.78 is 60.9. The van der Waals surface area contributed by atoms with E-state index in [0.717, 1.165) is 6.54 Å². The van der Waals surface area contributed by atoms with Gasteiger partial charge in [0.25, 0.3) is 0 Å². The Morgan fingerprint density at radius 3 is 2.32 bits per heavy atom. The molecule has 9 nitrogen and oxygen atoms in total. The molecule has 0 aliphatic carbocycles. The molecule has 1 fully saturated rings. The molecule has 3 atom stereocenters. The normalized spacial score (nSPS) is 19.8. The Labute approximate surface area is 195 Å². The molecule has 1 aliphatic rings. The van der Waals surface area contributed by atoms with Gasteiger partial charge in [-0.3, -0.25) is 9.00 Å². The van der Waals surface area contributed by atoms with Crippen molar-refractivity contribution in [2.45, 2.75) is 36.6 Å². The maximum atomic E-state index is 12.8. The van der Waals surface area contributed by atoms with Gasteiger partial charge in [0.15, 0.2) is 16.1 Å². The van der Waals surface area contributed by atoms with Gasteiger partial charge in [-0.15, -0.1) is 0 Å². The zero-order valence-corrected chi connectivity index (χ0v) is 19.8. The molecule has 1 aliphatic heterocycles. The van der Waals surface area contributed by atoms with Crippen molar-refractivity contribution in [3.05, 3.63) is 27.9 Å². The Bertz CT molecular complexity index is 1120. The number of benzene rings is 1. The van der Waals surface area contributed by atoms with Crippen LogP contribution in [-0.4, -0.2) is 77.7 Å². The molecule has 1 aromatic carbocycles. The lowest BCUT2D eigenvalue weighted by atomic mass is 9.85. The number of likely N-dealkylation sites (N-methyl/N-ethyl adjacent to an activating group) is 1. The molecular weight excluding hydrogens is 483 g/mol. The Balaban J connectivity index is 0.000000509. The Kier molecular flexibility index (Phi) is 9.08. The molecule has 0 amide bonds. The highest BCUT2D eigenvalue weighted by molar-refractivity contribution is 7.84. The molecule has 2 aromatic rings. The number of aliphatic hydroxyl groups is 1. The standard InChI is InChI=1S/C19H25NO6S.C2HF3O2/c1-5-27(23)16-8-12(21)18-15(25-4)9-14(24-3)17(19(18)26-16)11-6-7-20(2)10-13(11)22;3-2(4,5)1(6)7/h8-9,11,13,22H,5-7,10H2,1-4H3;(H,6,7). The molecule has 1 aromatic heterocycles. The van der Waals surface area contributed by atoms with Crippen LogP contribution in [0.1, 0.15) is 24.8 Å². The van der Waals surface area contributed by atoms with E-state index in [4.69, 9.17) is 23.8 Å². The first-order valence-electron chi connectivity index (χ1n) is 10.1. The summed E-state index contributed by atoms with van der Waals surface area (Å²) in [4.78, 5) is 23.7. The number of halogens is 3. The Morgan fingerprint density at radius 1 is 1.26 bits per heavy atom. The molecule has 2 N–H and O–H groups in total. The number of fused-ring (bicyclic) bond motifs is 1. The van der Waals surface area contributed by atoms with Gasteiger partial charge in [0.1, 0.15) is 16.9 Å². The lowest BCUT2D eigenvalue weighted by Gasteiger charge is -2.34. The summed E-state index contributed by atoms with van der Waals surface area (Å²) in [6.07, 6.45) is -5.04. The first kappa shape index (κ1) is 27.6. The van der Waals surface area contributed by atoms with Crippen molar-refractivity contribution in [3.63, 3.8) is 0 Å². The minimum Gasteiger partial charge on any atom is -0.496 e. The number of aliphatic hydroxyl groups excluding tert-OH is 1. The third-order valence-electron chi connectivity index (χ3n) is 5.27. The largest absolute Gasteiger partial charge is 0.496 e. The van der Waals surface area contributed by atoms with E-state index >= 15 is 0 Å². The zero-order valence-electron chi connectivity index (χ0n) is 19.0. The van der Waals surface area contributed by atoms with Gasteiger partial charge in [0.2, 0.25) is 0 Å². The fourth-order valence-electron chi connectivity index (χ4n) is 3.64. The van der Waals surface area contributed by atoms with E-state index in [1.807, 2.05) is 11.9 Å². The predicted molar refractivity (Wildman–Crippen MR) is 117 cm³/mol. The maximum Gasteiger partial charge on any atom is 0.490 e. The third kappa shape index (κ3) is 6.07. The molecule has 34 heavy (non-hydrogen) atoms. The highest BCUT2D eigenvalue weighted by atomic mass is 32.2. The molecule has 13 heteroatoms. The van der Waals surface area contributed by atoms with Gasteiger partial charge in [-0.05, 0) is 20.0 Å². The molecule has 1 saturated heterocycles. The van der Waals surface area contributed by atoms with Gasteiger partial charge in [-0.2, -0.15) is 13.2 Å². The van der Waals surface area contributed by atoms with Gasteiger partial charge in [0.05, 0.1) is 31.1 Å². The molecule has 0 saturated carbocycles. The lowest BCUT2D eigenvalue weighted by molar-refractivity contribution is -0.192. The van der Waals surface area contributed by atoms with Crippen molar-refractivity contribution >= 4 is 27.7 Å². The summed E-state index contributed by atoms with van der Waals surface area (Å²) in [5.41, 5.74) is 0.585. The number of nitrogens with zero attached hydrogens (tertiary/aromatic N) is 1. The van der Waals surface area contributed by atoms with Gasteiger partial charge < -0.3 is 29.0 Å². The monoisotopic (exact) mass is 509 g/mol. The third-order valence-corrected chi connectivity index (χ3v) is 6.44. The molecule has 0 bridgehead atoms. The second kappa shape index (κ2) is 11.2. The fraction of sp³-hybridized carbons (Fsp3) is 0.524. The summed E-state index contributed by atoms with van der Waals surface area (Å²) in [5.74, 6) is -1.88. The first-order chi connectivity index (χ1) is 15.8. The maximum absolute atomic E-state index is 12.8. The average Bonchev–Trinajstić information content (AvgIpc) is 2.77. The Morgan fingerprint density at radius 2 is 1.85 bits per heavy atom. The van der Waals surface area contributed by atoms with Gasteiger partial charge in [-0.1, -0.05) is 6.92 Å². The molecule has 190 valence electrons. The summed E-state index contributed by atoms with van der Waals surface area (Å²) in [6.45, 7) is 3.06. The van der Waals surface area contributed by atoms with Crippen LogP contribution in [0.3, 0.4) is 0 Å². The molecular formula is C21H26F3NO8S. The van der Waals surface area contributed by atoms with Crippen LogP contribution < -0.4 is 14.9 Å². The van der Waals surface area contributed by atoms with Crippen molar-refractivity contribution in [2.24, 2.45) is 0 Å². The van der Waals surface area contributed by atoms with E-state index in [2.05, 4.69) is 0 Å². The quantitative estimate of drug-likeness (QED) is 0.625. The summed E-state index contributed by atoms with van der Waals surface area (Å²) in [5, 5.41) is 18.2. The van der Waals surface area contributed by atoms with Crippen molar-refractivity contribution in [1.82, 2.24) is 4.90 Å². The number of hydrogen-bond donors (Lipinski definition) is 2. The van der Waals surface area contributed by atoms with Crippen molar-refractivity contribution < 1.29 is 46.3 Å². The van der Waals surface area contributed by atoms with Gasteiger partial charge in [-0.25, -0.2) is 4.79 Å². The Hall–Kier alpha value is -2.64. The number of ether oxygens (including phenoxy) is 2. The van der Waals surface area contributed by atoms with Crippen LogP contribution in [0.2, 0.25) is 0 Å². The van der Waals surface area contributed by atoms with Crippen LogP contribution in [0.5, 0.6) is 11.5 Å². The number of carboxylic acid groups (broad SMARTS) is 1. The minimum atomic E-state index is -5.08. The SMILES string of the molecule is CCS(=O)c1cc(=O)c2c(OC)cc(OC)c(C3CCN(C)CC3O)c2o1.O=C(O)C(F)(F)F. The number of β-amino-alcohol motifs (C(OH)–C–C–N with tert-alkyl or cyclic N) is 1. The summed E-state index contributed by atoms with van der Waals surface area (Å²) >= 11 is 0. The number of piperidine rings is 1. The number of hydrogen-bond acceptors (Lipinski definition) is 8. The molecule has 2 heterocycles. The number of rotatable bonds is 5. The van der Waals surface area contributed by atoms with Crippen molar-refractivity contribution in [2.75, 3.05) is 40.1 Å². The summed E-state index contributed by atoms with van der Waals surface area (Å²) in [7, 11) is 3.52.